The van der Waals surface area contributed by atoms with E-state index < -0.39 is 0 Å². The maximum Gasteiger partial charge on any atom is 0.230 e. The predicted octanol–water partition coefficient (Wildman–Crippen LogP) is 6.66. The van der Waals surface area contributed by atoms with Crippen LogP contribution in [0.1, 0.15) is 40.4 Å². The van der Waals surface area contributed by atoms with Crippen LogP contribution in [0.5, 0.6) is 0 Å². The molecule has 0 atom stereocenters. The highest BCUT2D eigenvalue weighted by atomic mass is 32.2. The quantitative estimate of drug-likeness (QED) is 0.441. The zero-order valence-electron chi connectivity index (χ0n) is 17.3. The molecule has 0 aliphatic heterocycles. The molecule has 5 heteroatoms. The summed E-state index contributed by atoms with van der Waals surface area (Å²) in [5, 5.41) is 2.79. The Hall–Kier alpha value is -2.11. The summed E-state index contributed by atoms with van der Waals surface area (Å²) >= 11 is 3.30. The number of hydrogen-bond acceptors (Lipinski definition) is 4. The van der Waals surface area contributed by atoms with Crippen molar-refractivity contribution in [2.24, 2.45) is 0 Å². The lowest BCUT2D eigenvalue weighted by Gasteiger charge is -2.23. The smallest absolute Gasteiger partial charge is 0.230 e. The van der Waals surface area contributed by atoms with Gasteiger partial charge in [0.25, 0.3) is 0 Å². The second-order valence-corrected chi connectivity index (χ2v) is 9.14. The maximum absolute atomic E-state index is 12.5. The van der Waals surface area contributed by atoms with E-state index in [1.807, 2.05) is 0 Å². The normalized spacial score (nSPS) is 10.9. The molecule has 0 fully saturated rings. The molecule has 146 valence electrons. The van der Waals surface area contributed by atoms with Crippen molar-refractivity contribution in [3.8, 4) is 0 Å². The number of nitrogens with zero attached hydrogens (tertiary/aromatic N) is 2. The summed E-state index contributed by atoms with van der Waals surface area (Å²) < 4.78 is 0. The van der Waals surface area contributed by atoms with Crippen molar-refractivity contribution in [3.05, 3.63) is 69.2 Å². The zero-order valence-corrected chi connectivity index (χ0v) is 18.9. The van der Waals surface area contributed by atoms with Crippen molar-refractivity contribution in [1.29, 1.82) is 0 Å². The molecule has 2 aromatic carbocycles. The molecule has 0 unspecified atom stereocenters. The summed E-state index contributed by atoms with van der Waals surface area (Å²) in [5.41, 5.74) is 7.94. The number of carbonyl (C=O) groups is 1. The van der Waals surface area contributed by atoms with E-state index in [0.717, 1.165) is 33.4 Å². The fourth-order valence-electron chi connectivity index (χ4n) is 3.34. The second kappa shape index (κ2) is 8.50. The first-order valence-corrected chi connectivity index (χ1v) is 11.2. The number of amides is 1. The van der Waals surface area contributed by atoms with Crippen LogP contribution >= 0.6 is 23.1 Å². The predicted molar refractivity (Wildman–Crippen MR) is 121 cm³/mol. The van der Waals surface area contributed by atoms with E-state index in [-0.39, 0.29) is 5.91 Å². The lowest BCUT2D eigenvalue weighted by Crippen LogP contribution is -2.24. The van der Waals surface area contributed by atoms with E-state index in [1.54, 1.807) is 23.6 Å². The van der Waals surface area contributed by atoms with E-state index >= 15 is 0 Å². The molecule has 3 rings (SSSR count). The first kappa shape index (κ1) is 20.6. The van der Waals surface area contributed by atoms with E-state index in [0.29, 0.717) is 0 Å². The molecule has 0 N–H and O–H groups in total. The molecule has 1 aromatic heterocycles. The van der Waals surface area contributed by atoms with Gasteiger partial charge in [0.2, 0.25) is 5.91 Å². The lowest BCUT2D eigenvalue weighted by atomic mass is 10.0. The fraction of sp³-hybridized carbons (Fsp3) is 0.304. The number of carbonyl (C=O) groups excluding carboxylic acids is 1. The minimum Gasteiger partial charge on any atom is -0.274 e. The maximum atomic E-state index is 12.5. The van der Waals surface area contributed by atoms with Gasteiger partial charge < -0.3 is 0 Å². The van der Waals surface area contributed by atoms with Crippen molar-refractivity contribution in [2.75, 3.05) is 4.90 Å². The lowest BCUT2D eigenvalue weighted by molar-refractivity contribution is -0.115. The molecule has 0 spiro atoms. The summed E-state index contributed by atoms with van der Waals surface area (Å²) in [5.74, 6) is 0.772. The average molecular weight is 411 g/mol. The van der Waals surface area contributed by atoms with Gasteiger partial charge in [-0.15, -0.1) is 23.1 Å². The van der Waals surface area contributed by atoms with Gasteiger partial charge in [-0.05, 0) is 69.0 Å². The molecule has 3 aromatic rings. The molecule has 0 bridgehead atoms. The molecule has 28 heavy (non-hydrogen) atoms. The van der Waals surface area contributed by atoms with E-state index in [4.69, 9.17) is 4.98 Å². The van der Waals surface area contributed by atoms with Crippen molar-refractivity contribution >= 4 is 39.8 Å². The molecule has 0 radical (unpaired) electrons. The monoisotopic (exact) mass is 410 g/mol. The Morgan fingerprint density at radius 1 is 1.00 bits per heavy atom. The highest BCUT2D eigenvalue weighted by molar-refractivity contribution is 7.98. The van der Waals surface area contributed by atoms with Gasteiger partial charge in [-0.3, -0.25) is 9.69 Å². The Bertz CT molecular complexity index is 1000. The zero-order chi connectivity index (χ0) is 20.4. The van der Waals surface area contributed by atoms with Gasteiger partial charge in [0.1, 0.15) is 0 Å². The van der Waals surface area contributed by atoms with Gasteiger partial charge in [0.05, 0.1) is 11.4 Å². The van der Waals surface area contributed by atoms with E-state index in [2.05, 4.69) is 70.3 Å². The molecule has 3 nitrogen and oxygen atoms in total. The van der Waals surface area contributed by atoms with Crippen LogP contribution < -0.4 is 4.90 Å². The summed E-state index contributed by atoms with van der Waals surface area (Å²) in [7, 11) is 0. The third-order valence-electron chi connectivity index (χ3n) is 4.77. The number of hydrogen-bond donors (Lipinski definition) is 0. The molecule has 1 heterocycles. The molecular weight excluding hydrogens is 384 g/mol. The number of aryl methyl sites for hydroxylation is 5. The van der Waals surface area contributed by atoms with Crippen LogP contribution in [0.3, 0.4) is 0 Å². The van der Waals surface area contributed by atoms with Crippen LogP contribution in [-0.2, 0) is 10.5 Å². The van der Waals surface area contributed by atoms with Gasteiger partial charge in [-0.1, -0.05) is 23.8 Å². The summed E-state index contributed by atoms with van der Waals surface area (Å²) in [4.78, 5) is 20.2. The van der Waals surface area contributed by atoms with Gasteiger partial charge in [-0.25, -0.2) is 4.98 Å². The van der Waals surface area contributed by atoms with Crippen LogP contribution in [0.2, 0.25) is 0 Å². The van der Waals surface area contributed by atoms with Gasteiger partial charge in [0, 0.05) is 23.0 Å². The third kappa shape index (κ3) is 4.47. The Labute approximate surface area is 175 Å². The molecule has 1 amide bonds. The molecule has 0 aliphatic rings. The van der Waals surface area contributed by atoms with E-state index in [1.165, 1.54) is 32.9 Å². The van der Waals surface area contributed by atoms with Gasteiger partial charge in [-0.2, -0.15) is 0 Å². The molecule has 0 saturated carbocycles. The largest absolute Gasteiger partial charge is 0.274 e. The number of aromatic nitrogens is 1. The third-order valence-corrected chi connectivity index (χ3v) is 6.67. The number of thioether (sulfide) groups is 1. The topological polar surface area (TPSA) is 33.2 Å². The summed E-state index contributed by atoms with van der Waals surface area (Å²) in [6.07, 6.45) is 0. The number of benzene rings is 2. The van der Waals surface area contributed by atoms with Crippen LogP contribution in [0.4, 0.5) is 10.8 Å². The standard InChI is InChI=1S/C23H26N2OS2/c1-14-9-17(4)22(18(5)10-14)25(19(6)26)23-24-20(13-28-23)12-27-21-8-7-15(2)16(3)11-21/h7-11,13H,12H2,1-6H3. The summed E-state index contributed by atoms with van der Waals surface area (Å²) in [6, 6.07) is 10.8. The van der Waals surface area contributed by atoms with Crippen LogP contribution in [0, 0.1) is 34.6 Å². The van der Waals surface area contributed by atoms with Crippen LogP contribution in [-0.4, -0.2) is 10.9 Å². The molecule has 0 saturated heterocycles. The van der Waals surface area contributed by atoms with Crippen molar-refractivity contribution in [1.82, 2.24) is 4.98 Å². The minimum absolute atomic E-state index is 0.0160. The Morgan fingerprint density at radius 2 is 1.68 bits per heavy atom. The Morgan fingerprint density at radius 3 is 2.29 bits per heavy atom. The van der Waals surface area contributed by atoms with Crippen molar-refractivity contribution in [2.45, 2.75) is 52.2 Å². The average Bonchev–Trinajstić information content (AvgIpc) is 3.07. The molecular formula is C23H26N2OS2. The van der Waals surface area contributed by atoms with E-state index in [9.17, 15) is 4.79 Å². The Kier molecular flexibility index (Phi) is 6.26. The highest BCUT2D eigenvalue weighted by Gasteiger charge is 2.21. The van der Waals surface area contributed by atoms with Gasteiger partial charge in [0.15, 0.2) is 5.13 Å². The Balaban J connectivity index is 1.84. The minimum atomic E-state index is -0.0160. The number of anilines is 2. The molecule has 0 aliphatic carbocycles. The second-order valence-electron chi connectivity index (χ2n) is 7.26. The SMILES string of the molecule is CC(=O)N(c1nc(CSc2ccc(C)c(C)c2)cs1)c1c(C)cc(C)cc1C. The first-order chi connectivity index (χ1) is 13.3. The van der Waals surface area contributed by atoms with Crippen molar-refractivity contribution < 1.29 is 4.79 Å². The fourth-order valence-corrected chi connectivity index (χ4v) is 5.20. The first-order valence-electron chi connectivity index (χ1n) is 9.29. The van der Waals surface area contributed by atoms with Crippen LogP contribution in [0.25, 0.3) is 0 Å². The van der Waals surface area contributed by atoms with Crippen molar-refractivity contribution in [3.63, 3.8) is 0 Å². The van der Waals surface area contributed by atoms with Gasteiger partial charge >= 0.3 is 0 Å². The number of rotatable bonds is 5. The van der Waals surface area contributed by atoms with Crippen LogP contribution in [0.15, 0.2) is 40.6 Å². The number of thiazole rings is 1. The highest BCUT2D eigenvalue weighted by Crippen LogP contribution is 2.35. The summed E-state index contributed by atoms with van der Waals surface area (Å²) in [6.45, 7) is 12.0.